The number of rotatable bonds is 5. The van der Waals surface area contributed by atoms with Gasteiger partial charge in [-0.25, -0.2) is 4.98 Å². The van der Waals surface area contributed by atoms with Gasteiger partial charge in [0.15, 0.2) is 0 Å². The number of pyridine rings is 1. The van der Waals surface area contributed by atoms with Crippen LogP contribution in [0.4, 0.5) is 11.5 Å². The Kier molecular flexibility index (Phi) is 3.65. The van der Waals surface area contributed by atoms with E-state index in [1.165, 1.54) is 11.1 Å². The van der Waals surface area contributed by atoms with Crippen molar-refractivity contribution in [2.75, 3.05) is 23.7 Å². The van der Waals surface area contributed by atoms with Gasteiger partial charge in [-0.05, 0) is 12.1 Å². The molecule has 86 valence electrons. The number of hydrogen-bond donors (Lipinski definition) is 3. The van der Waals surface area contributed by atoms with E-state index in [0.717, 1.165) is 0 Å². The largest absolute Gasteiger partial charge is 0.382 e. The molecule has 0 aliphatic heterocycles. The molecule has 0 fully saturated rings. The van der Waals surface area contributed by atoms with Crippen LogP contribution in [0.15, 0.2) is 18.3 Å². The molecule has 0 aliphatic carbocycles. The van der Waals surface area contributed by atoms with E-state index in [1.54, 1.807) is 12.1 Å². The molecule has 0 aromatic carbocycles. The average Bonchev–Trinajstić information content (AvgIpc) is 2.15. The van der Waals surface area contributed by atoms with Crippen LogP contribution in [0.25, 0.3) is 0 Å². The minimum Gasteiger partial charge on any atom is -0.382 e. The van der Waals surface area contributed by atoms with E-state index in [0.29, 0.717) is 5.69 Å². The summed E-state index contributed by atoms with van der Waals surface area (Å²) in [6, 6.07) is 3.27. The van der Waals surface area contributed by atoms with Crippen molar-refractivity contribution in [3.05, 3.63) is 18.3 Å². The highest BCUT2D eigenvalue weighted by Gasteiger charge is 2.14. The number of aromatic nitrogens is 1. The first-order chi connectivity index (χ1) is 7.50. The number of primary amides is 2. The quantitative estimate of drug-likeness (QED) is 0.556. The van der Waals surface area contributed by atoms with Crippen LogP contribution < -0.4 is 22.1 Å². The Balaban J connectivity index is 2.96. The predicted octanol–water partition coefficient (Wildman–Crippen LogP) is -1.56. The number of nitrogen functional groups attached to an aromatic ring is 1. The summed E-state index contributed by atoms with van der Waals surface area (Å²) >= 11 is 0. The normalized spacial score (nSPS) is 9.75. The first kappa shape index (κ1) is 11.8. The Labute approximate surface area is 92.2 Å². The van der Waals surface area contributed by atoms with Gasteiger partial charge < -0.3 is 22.1 Å². The van der Waals surface area contributed by atoms with Crippen LogP contribution in [0.3, 0.4) is 0 Å². The lowest BCUT2D eigenvalue weighted by Gasteiger charge is -2.22. The topological polar surface area (TPSA) is 128 Å². The van der Waals surface area contributed by atoms with Gasteiger partial charge in [0.25, 0.3) is 0 Å². The summed E-state index contributed by atoms with van der Waals surface area (Å²) in [6.07, 6.45) is 1.51. The zero-order chi connectivity index (χ0) is 12.1. The Morgan fingerprint density at radius 2 is 1.81 bits per heavy atom. The smallest absolute Gasteiger partial charge is 0.236 e. The molecular formula is C9H13N5O2. The molecule has 1 heterocycles. The number of amides is 2. The molecule has 0 saturated heterocycles. The van der Waals surface area contributed by atoms with Crippen LogP contribution in [0.5, 0.6) is 0 Å². The van der Waals surface area contributed by atoms with Gasteiger partial charge in [0.1, 0.15) is 5.82 Å². The van der Waals surface area contributed by atoms with Crippen molar-refractivity contribution in [2.24, 2.45) is 11.5 Å². The summed E-state index contributed by atoms with van der Waals surface area (Å²) in [5, 5.41) is 0. The van der Waals surface area contributed by atoms with Crippen molar-refractivity contribution in [1.82, 2.24) is 4.98 Å². The van der Waals surface area contributed by atoms with Crippen molar-refractivity contribution >= 4 is 23.3 Å². The molecule has 0 aliphatic rings. The van der Waals surface area contributed by atoms with Crippen molar-refractivity contribution in [3.8, 4) is 0 Å². The van der Waals surface area contributed by atoms with Gasteiger partial charge in [-0.2, -0.15) is 0 Å². The Morgan fingerprint density at radius 1 is 1.25 bits per heavy atom. The van der Waals surface area contributed by atoms with Crippen molar-refractivity contribution in [2.45, 2.75) is 0 Å². The maximum Gasteiger partial charge on any atom is 0.236 e. The summed E-state index contributed by atoms with van der Waals surface area (Å²) in [5.74, 6) is -0.945. The molecule has 0 saturated carbocycles. The van der Waals surface area contributed by atoms with Gasteiger partial charge >= 0.3 is 0 Å². The van der Waals surface area contributed by atoms with Crippen LogP contribution in [0, 0.1) is 0 Å². The summed E-state index contributed by atoms with van der Waals surface area (Å²) in [5.41, 5.74) is 16.2. The van der Waals surface area contributed by atoms with Gasteiger partial charge in [0, 0.05) is 6.20 Å². The molecule has 7 nitrogen and oxygen atoms in total. The first-order valence-corrected chi connectivity index (χ1v) is 4.52. The molecule has 16 heavy (non-hydrogen) atoms. The second-order valence-corrected chi connectivity index (χ2v) is 3.20. The van der Waals surface area contributed by atoms with Crippen LogP contribution in [-0.4, -0.2) is 29.9 Å². The molecule has 0 atom stereocenters. The lowest BCUT2D eigenvalue weighted by Crippen LogP contribution is -2.40. The fourth-order valence-electron chi connectivity index (χ4n) is 1.28. The monoisotopic (exact) mass is 223 g/mol. The highest BCUT2D eigenvalue weighted by atomic mass is 16.2. The number of anilines is 2. The third-order valence-electron chi connectivity index (χ3n) is 1.85. The predicted molar refractivity (Wildman–Crippen MR) is 59.3 cm³/mol. The van der Waals surface area contributed by atoms with Crippen molar-refractivity contribution < 1.29 is 9.59 Å². The highest BCUT2D eigenvalue weighted by molar-refractivity contribution is 5.86. The molecule has 1 rings (SSSR count). The van der Waals surface area contributed by atoms with Gasteiger partial charge in [-0.3, -0.25) is 9.59 Å². The van der Waals surface area contributed by atoms with Gasteiger partial charge in [0.2, 0.25) is 11.8 Å². The van der Waals surface area contributed by atoms with E-state index in [2.05, 4.69) is 4.98 Å². The second-order valence-electron chi connectivity index (χ2n) is 3.20. The molecule has 0 unspecified atom stereocenters. The first-order valence-electron chi connectivity index (χ1n) is 4.52. The average molecular weight is 223 g/mol. The van der Waals surface area contributed by atoms with E-state index in [-0.39, 0.29) is 18.9 Å². The lowest BCUT2D eigenvalue weighted by molar-refractivity contribution is -0.117. The van der Waals surface area contributed by atoms with E-state index >= 15 is 0 Å². The SMILES string of the molecule is NC(=O)CN(CC(N)=O)c1cccnc1N. The number of carbonyl (C=O) groups excluding carboxylic acids is 2. The molecule has 7 heteroatoms. The number of hydrogen-bond acceptors (Lipinski definition) is 5. The minimum absolute atomic E-state index is 0.140. The van der Waals surface area contributed by atoms with E-state index < -0.39 is 11.8 Å². The van der Waals surface area contributed by atoms with Crippen molar-refractivity contribution in [1.29, 1.82) is 0 Å². The summed E-state index contributed by atoms with van der Waals surface area (Å²) in [6.45, 7) is -0.280. The number of nitrogens with zero attached hydrogens (tertiary/aromatic N) is 2. The van der Waals surface area contributed by atoms with Crippen LogP contribution >= 0.6 is 0 Å². The minimum atomic E-state index is -0.579. The molecular weight excluding hydrogens is 210 g/mol. The zero-order valence-corrected chi connectivity index (χ0v) is 8.59. The Hall–Kier alpha value is -2.31. The summed E-state index contributed by atoms with van der Waals surface area (Å²) in [7, 11) is 0. The maximum atomic E-state index is 10.8. The van der Waals surface area contributed by atoms with E-state index in [1.807, 2.05) is 0 Å². The standard InChI is InChI=1S/C9H13N5O2/c10-7(15)4-14(5-8(11)16)6-2-1-3-13-9(6)12/h1-3H,4-5H2,(H2,10,15)(H2,11,16)(H2,12,13). The van der Waals surface area contributed by atoms with Gasteiger partial charge in [0.05, 0.1) is 18.8 Å². The second kappa shape index (κ2) is 4.96. The van der Waals surface area contributed by atoms with E-state index in [9.17, 15) is 9.59 Å². The Morgan fingerprint density at radius 3 is 2.25 bits per heavy atom. The molecule has 0 bridgehead atoms. The molecule has 6 N–H and O–H groups in total. The highest BCUT2D eigenvalue weighted by Crippen LogP contribution is 2.19. The zero-order valence-electron chi connectivity index (χ0n) is 8.59. The molecule has 1 aromatic rings. The van der Waals surface area contributed by atoms with Gasteiger partial charge in [-0.15, -0.1) is 0 Å². The van der Waals surface area contributed by atoms with Crippen LogP contribution in [-0.2, 0) is 9.59 Å². The molecule has 1 aromatic heterocycles. The summed E-state index contributed by atoms with van der Waals surface area (Å²) < 4.78 is 0. The molecule has 0 spiro atoms. The van der Waals surface area contributed by atoms with Crippen molar-refractivity contribution in [3.63, 3.8) is 0 Å². The third-order valence-corrected chi connectivity index (χ3v) is 1.85. The number of nitrogens with two attached hydrogens (primary N) is 3. The van der Waals surface area contributed by atoms with Crippen LogP contribution in [0.2, 0.25) is 0 Å². The fraction of sp³-hybridized carbons (Fsp3) is 0.222. The summed E-state index contributed by atoms with van der Waals surface area (Å²) in [4.78, 5) is 26.9. The van der Waals surface area contributed by atoms with E-state index in [4.69, 9.17) is 17.2 Å². The maximum absolute atomic E-state index is 10.8. The Bertz CT molecular complexity index is 391. The van der Waals surface area contributed by atoms with Crippen LogP contribution in [0.1, 0.15) is 0 Å². The fourth-order valence-corrected chi connectivity index (χ4v) is 1.28. The van der Waals surface area contributed by atoms with Gasteiger partial charge in [-0.1, -0.05) is 0 Å². The number of carbonyl (C=O) groups is 2. The molecule has 0 radical (unpaired) electrons. The third kappa shape index (κ3) is 3.12. The lowest BCUT2D eigenvalue weighted by atomic mass is 10.3. The molecule has 2 amide bonds.